The molecule has 0 saturated carbocycles. The second-order valence-electron chi connectivity index (χ2n) is 4.95. The minimum Gasteiger partial charge on any atom is -0.385 e. The van der Waals surface area contributed by atoms with Gasteiger partial charge in [0.15, 0.2) is 0 Å². The monoisotopic (exact) mass is 233 g/mol. The van der Waals surface area contributed by atoms with Crippen LogP contribution in [-0.4, -0.2) is 20.3 Å². The maximum absolute atomic E-state index is 5.06. The number of fused-ring (bicyclic) bond motifs is 1. The van der Waals surface area contributed by atoms with Crippen molar-refractivity contribution in [1.29, 1.82) is 0 Å². The first-order chi connectivity index (χ1) is 8.31. The Labute approximate surface area is 104 Å². The van der Waals surface area contributed by atoms with Gasteiger partial charge in [-0.05, 0) is 50.3 Å². The Bertz CT molecular complexity index is 362. The third-order valence-electron chi connectivity index (χ3n) is 3.55. The van der Waals surface area contributed by atoms with Gasteiger partial charge in [-0.25, -0.2) is 0 Å². The van der Waals surface area contributed by atoms with Crippen molar-refractivity contribution in [3.05, 3.63) is 34.9 Å². The fraction of sp³-hybridized carbons (Fsp3) is 0.600. The number of ether oxygens (including phenoxy) is 1. The molecule has 1 atom stereocenters. The molecule has 1 aromatic rings. The van der Waals surface area contributed by atoms with Gasteiger partial charge in [-0.2, -0.15) is 0 Å². The fourth-order valence-corrected chi connectivity index (χ4v) is 2.58. The van der Waals surface area contributed by atoms with Gasteiger partial charge in [-0.15, -0.1) is 0 Å². The summed E-state index contributed by atoms with van der Waals surface area (Å²) in [5, 5.41) is 3.67. The van der Waals surface area contributed by atoms with Crippen molar-refractivity contribution in [1.82, 2.24) is 5.32 Å². The first-order valence-electron chi connectivity index (χ1n) is 6.63. The first kappa shape index (κ1) is 12.6. The molecule has 0 bridgehead atoms. The van der Waals surface area contributed by atoms with Crippen LogP contribution in [0.2, 0.25) is 0 Å². The largest absolute Gasteiger partial charge is 0.385 e. The van der Waals surface area contributed by atoms with Crippen LogP contribution in [0.4, 0.5) is 0 Å². The van der Waals surface area contributed by atoms with Gasteiger partial charge < -0.3 is 10.1 Å². The molecule has 0 aliphatic heterocycles. The summed E-state index contributed by atoms with van der Waals surface area (Å²) >= 11 is 0. The lowest BCUT2D eigenvalue weighted by Gasteiger charge is -2.14. The quantitative estimate of drug-likeness (QED) is 0.763. The number of unbranched alkanes of at least 4 members (excludes halogenated alkanes) is 1. The van der Waals surface area contributed by atoms with Gasteiger partial charge in [0.05, 0.1) is 0 Å². The van der Waals surface area contributed by atoms with Gasteiger partial charge in [0.2, 0.25) is 0 Å². The number of hydrogen-bond acceptors (Lipinski definition) is 2. The van der Waals surface area contributed by atoms with Crippen LogP contribution in [0.3, 0.4) is 0 Å². The summed E-state index contributed by atoms with van der Waals surface area (Å²) in [6.07, 6.45) is 4.83. The summed E-state index contributed by atoms with van der Waals surface area (Å²) in [5.41, 5.74) is 4.43. The van der Waals surface area contributed by atoms with E-state index in [1.54, 1.807) is 7.11 Å². The van der Waals surface area contributed by atoms with Gasteiger partial charge in [0.1, 0.15) is 0 Å². The van der Waals surface area contributed by atoms with Gasteiger partial charge in [-0.3, -0.25) is 0 Å². The minimum absolute atomic E-state index is 0.576. The molecule has 94 valence electrons. The maximum atomic E-state index is 5.06. The zero-order valence-corrected chi connectivity index (χ0v) is 11.0. The summed E-state index contributed by atoms with van der Waals surface area (Å²) in [6.45, 7) is 4.15. The molecule has 1 aliphatic carbocycles. The van der Waals surface area contributed by atoms with Crippen LogP contribution in [0.1, 0.15) is 42.0 Å². The summed E-state index contributed by atoms with van der Waals surface area (Å²) in [7, 11) is 1.77. The lowest BCUT2D eigenvalue weighted by atomic mass is 10.1. The first-order valence-corrected chi connectivity index (χ1v) is 6.63. The van der Waals surface area contributed by atoms with E-state index >= 15 is 0 Å². The zero-order valence-electron chi connectivity index (χ0n) is 11.0. The molecule has 2 rings (SSSR count). The highest BCUT2D eigenvalue weighted by Crippen LogP contribution is 2.31. The Morgan fingerprint density at radius 2 is 2.24 bits per heavy atom. The molecule has 2 heteroatoms. The molecule has 0 amide bonds. The third-order valence-corrected chi connectivity index (χ3v) is 3.55. The second kappa shape index (κ2) is 6.18. The Balaban J connectivity index is 1.82. The maximum Gasteiger partial charge on any atom is 0.0462 e. The van der Waals surface area contributed by atoms with Crippen molar-refractivity contribution in [3.63, 3.8) is 0 Å². The van der Waals surface area contributed by atoms with Crippen LogP contribution in [0.5, 0.6) is 0 Å². The van der Waals surface area contributed by atoms with Crippen LogP contribution in [0, 0.1) is 6.92 Å². The fourth-order valence-electron chi connectivity index (χ4n) is 2.58. The molecular weight excluding hydrogens is 210 g/mol. The van der Waals surface area contributed by atoms with Gasteiger partial charge >= 0.3 is 0 Å². The minimum atomic E-state index is 0.576. The van der Waals surface area contributed by atoms with Crippen LogP contribution >= 0.6 is 0 Å². The molecule has 0 aromatic heterocycles. The SMILES string of the molecule is COCCCCNC1CCc2ccc(C)cc21. The number of benzene rings is 1. The Morgan fingerprint density at radius 1 is 1.35 bits per heavy atom. The number of hydrogen-bond donors (Lipinski definition) is 1. The second-order valence-corrected chi connectivity index (χ2v) is 4.95. The highest BCUT2D eigenvalue weighted by atomic mass is 16.5. The molecule has 0 spiro atoms. The van der Waals surface area contributed by atoms with E-state index in [0.717, 1.165) is 19.6 Å². The predicted octanol–water partition coefficient (Wildman–Crippen LogP) is 3.00. The molecule has 1 aliphatic rings. The lowest BCUT2D eigenvalue weighted by Crippen LogP contribution is -2.20. The average molecular weight is 233 g/mol. The molecule has 0 fully saturated rings. The van der Waals surface area contributed by atoms with Crippen molar-refractivity contribution < 1.29 is 4.74 Å². The highest BCUT2D eigenvalue weighted by Gasteiger charge is 2.21. The van der Waals surface area contributed by atoms with E-state index in [4.69, 9.17) is 4.74 Å². The van der Waals surface area contributed by atoms with Gasteiger partial charge in [0, 0.05) is 19.8 Å². The van der Waals surface area contributed by atoms with E-state index in [0.29, 0.717) is 6.04 Å². The molecule has 1 N–H and O–H groups in total. The van der Waals surface area contributed by atoms with Crippen molar-refractivity contribution >= 4 is 0 Å². The summed E-state index contributed by atoms with van der Waals surface area (Å²) in [6, 6.07) is 7.43. The van der Waals surface area contributed by atoms with E-state index < -0.39 is 0 Å². The van der Waals surface area contributed by atoms with E-state index in [9.17, 15) is 0 Å². The van der Waals surface area contributed by atoms with Gasteiger partial charge in [0.25, 0.3) is 0 Å². The number of aryl methyl sites for hydroxylation is 2. The molecule has 1 aromatic carbocycles. The molecule has 2 nitrogen and oxygen atoms in total. The van der Waals surface area contributed by atoms with Crippen LogP contribution in [-0.2, 0) is 11.2 Å². The normalized spacial score (nSPS) is 18.4. The highest BCUT2D eigenvalue weighted by molar-refractivity contribution is 5.37. The Kier molecular flexibility index (Phi) is 4.57. The third kappa shape index (κ3) is 3.30. The average Bonchev–Trinajstić information content (AvgIpc) is 2.72. The van der Waals surface area contributed by atoms with E-state index in [1.165, 1.54) is 36.0 Å². The molecule has 0 heterocycles. The molecule has 0 saturated heterocycles. The number of nitrogens with one attached hydrogen (secondary N) is 1. The standard InChI is InChI=1S/C15H23NO/c1-12-5-6-13-7-8-15(14(13)11-12)16-9-3-4-10-17-2/h5-6,11,15-16H,3-4,7-10H2,1-2H3. The van der Waals surface area contributed by atoms with Crippen molar-refractivity contribution in [2.24, 2.45) is 0 Å². The lowest BCUT2D eigenvalue weighted by molar-refractivity contribution is 0.192. The van der Waals surface area contributed by atoms with E-state index in [1.807, 2.05) is 0 Å². The molecule has 0 radical (unpaired) electrons. The van der Waals surface area contributed by atoms with E-state index in [2.05, 4.69) is 30.4 Å². The number of rotatable bonds is 6. The molecule has 17 heavy (non-hydrogen) atoms. The molecular formula is C15H23NO. The van der Waals surface area contributed by atoms with Crippen LogP contribution in [0.15, 0.2) is 18.2 Å². The van der Waals surface area contributed by atoms with Crippen LogP contribution in [0.25, 0.3) is 0 Å². The van der Waals surface area contributed by atoms with Crippen LogP contribution < -0.4 is 5.32 Å². The van der Waals surface area contributed by atoms with Gasteiger partial charge in [-0.1, -0.05) is 23.8 Å². The topological polar surface area (TPSA) is 21.3 Å². The molecule has 1 unspecified atom stereocenters. The zero-order chi connectivity index (χ0) is 12.1. The van der Waals surface area contributed by atoms with Crippen molar-refractivity contribution in [2.45, 2.75) is 38.6 Å². The summed E-state index contributed by atoms with van der Waals surface area (Å²) < 4.78 is 5.06. The van der Waals surface area contributed by atoms with Crippen molar-refractivity contribution in [2.75, 3.05) is 20.3 Å². The summed E-state index contributed by atoms with van der Waals surface area (Å²) in [4.78, 5) is 0. The Morgan fingerprint density at radius 3 is 3.06 bits per heavy atom. The Hall–Kier alpha value is -0.860. The predicted molar refractivity (Wildman–Crippen MR) is 71.4 cm³/mol. The summed E-state index contributed by atoms with van der Waals surface area (Å²) in [5.74, 6) is 0. The van der Waals surface area contributed by atoms with Crippen molar-refractivity contribution in [3.8, 4) is 0 Å². The number of methoxy groups -OCH3 is 1. The van der Waals surface area contributed by atoms with E-state index in [-0.39, 0.29) is 0 Å². The smallest absolute Gasteiger partial charge is 0.0462 e.